The van der Waals surface area contributed by atoms with Crippen LogP contribution in [0.25, 0.3) is 0 Å². The Morgan fingerprint density at radius 1 is 0.906 bits per heavy atom. The lowest BCUT2D eigenvalue weighted by Crippen LogP contribution is -2.58. The van der Waals surface area contributed by atoms with Gasteiger partial charge < -0.3 is 14.4 Å². The van der Waals surface area contributed by atoms with Crippen LogP contribution in [0.1, 0.15) is 11.1 Å². The van der Waals surface area contributed by atoms with Crippen LogP contribution in [0.4, 0.5) is 14.0 Å². The number of hydrogen-bond acceptors (Lipinski definition) is 4. The number of amides is 2. The SMILES string of the molecule is O=C(Oc1ccc(F)cc1)N1CCN2C(=O)OC(c3ccccc3)(c3ccccc3)C2C1. The van der Waals surface area contributed by atoms with Gasteiger partial charge in [0.25, 0.3) is 0 Å². The molecular weight excluding hydrogens is 411 g/mol. The van der Waals surface area contributed by atoms with Crippen molar-refractivity contribution in [1.29, 1.82) is 0 Å². The Hall–Kier alpha value is -3.87. The Bertz CT molecular complexity index is 1080. The number of cyclic esters (lactones) is 1. The summed E-state index contributed by atoms with van der Waals surface area (Å²) in [7, 11) is 0. The zero-order valence-corrected chi connectivity index (χ0v) is 17.2. The van der Waals surface area contributed by atoms with Crippen LogP contribution in [0.2, 0.25) is 0 Å². The largest absolute Gasteiger partial charge is 0.431 e. The van der Waals surface area contributed by atoms with Crippen molar-refractivity contribution in [2.75, 3.05) is 19.6 Å². The van der Waals surface area contributed by atoms with E-state index in [0.29, 0.717) is 13.1 Å². The molecule has 2 amide bonds. The van der Waals surface area contributed by atoms with E-state index >= 15 is 0 Å². The smallest absolute Gasteiger partial charge is 0.415 e. The first kappa shape index (κ1) is 20.1. The van der Waals surface area contributed by atoms with Crippen LogP contribution >= 0.6 is 0 Å². The standard InChI is InChI=1S/C25H21FN2O4/c26-20-11-13-21(14-12-20)31-23(29)27-15-16-28-22(17-27)25(32-24(28)30,18-7-3-1-4-8-18)19-9-5-2-6-10-19/h1-14,22H,15-17H2. The topological polar surface area (TPSA) is 59.1 Å². The molecule has 2 saturated heterocycles. The van der Waals surface area contributed by atoms with Gasteiger partial charge in [-0.05, 0) is 24.3 Å². The number of carbonyl (C=O) groups is 2. The van der Waals surface area contributed by atoms with Gasteiger partial charge in [0.2, 0.25) is 0 Å². The van der Waals surface area contributed by atoms with Crippen LogP contribution in [-0.2, 0) is 10.3 Å². The molecule has 2 aliphatic heterocycles. The summed E-state index contributed by atoms with van der Waals surface area (Å²) in [5.74, 6) is -0.148. The highest BCUT2D eigenvalue weighted by atomic mass is 19.1. The van der Waals surface area contributed by atoms with Crippen LogP contribution in [0, 0.1) is 5.82 Å². The molecule has 3 aromatic carbocycles. The lowest BCUT2D eigenvalue weighted by molar-refractivity contribution is 0.0456. The zero-order valence-electron chi connectivity index (χ0n) is 17.2. The van der Waals surface area contributed by atoms with Crippen molar-refractivity contribution in [1.82, 2.24) is 9.80 Å². The second-order valence-corrected chi connectivity index (χ2v) is 7.81. The second kappa shape index (κ2) is 8.00. The van der Waals surface area contributed by atoms with Gasteiger partial charge in [-0.25, -0.2) is 14.0 Å². The summed E-state index contributed by atoms with van der Waals surface area (Å²) in [6, 6.07) is 24.0. The Labute approximate surface area is 184 Å². The number of nitrogens with zero attached hydrogens (tertiary/aromatic N) is 2. The summed E-state index contributed by atoms with van der Waals surface area (Å²) >= 11 is 0. The molecule has 1 unspecified atom stereocenters. The van der Waals surface area contributed by atoms with Gasteiger partial charge in [-0.3, -0.25) is 4.90 Å². The van der Waals surface area contributed by atoms with Crippen molar-refractivity contribution in [3.63, 3.8) is 0 Å². The first-order valence-electron chi connectivity index (χ1n) is 10.4. The third-order valence-electron chi connectivity index (χ3n) is 6.01. The van der Waals surface area contributed by atoms with Crippen LogP contribution in [-0.4, -0.2) is 47.7 Å². The normalized spacial score (nSPS) is 19.3. The molecule has 2 heterocycles. The van der Waals surface area contributed by atoms with Crippen LogP contribution < -0.4 is 4.74 Å². The summed E-state index contributed by atoms with van der Waals surface area (Å²) in [6.45, 7) is 0.865. The molecule has 7 heteroatoms. The molecule has 2 aliphatic rings. The third-order valence-corrected chi connectivity index (χ3v) is 6.01. The van der Waals surface area contributed by atoms with Gasteiger partial charge in [-0.1, -0.05) is 60.7 Å². The number of rotatable bonds is 3. The van der Waals surface area contributed by atoms with E-state index in [1.807, 2.05) is 60.7 Å². The van der Waals surface area contributed by atoms with E-state index in [2.05, 4.69) is 0 Å². The number of ether oxygens (including phenoxy) is 2. The Morgan fingerprint density at radius 3 is 2.09 bits per heavy atom. The molecular formula is C25H21FN2O4. The van der Waals surface area contributed by atoms with Crippen molar-refractivity contribution >= 4 is 12.2 Å². The molecule has 1 atom stereocenters. The number of fused-ring (bicyclic) bond motifs is 1. The van der Waals surface area contributed by atoms with Crippen molar-refractivity contribution in [3.8, 4) is 5.75 Å². The minimum atomic E-state index is -1.06. The summed E-state index contributed by atoms with van der Waals surface area (Å²) in [5.41, 5.74) is 0.607. The average Bonchev–Trinajstić information content (AvgIpc) is 3.14. The Morgan fingerprint density at radius 2 is 1.50 bits per heavy atom. The molecule has 32 heavy (non-hydrogen) atoms. The monoisotopic (exact) mass is 432 g/mol. The fraction of sp³-hybridized carbons (Fsp3) is 0.200. The highest BCUT2D eigenvalue weighted by Gasteiger charge is 2.58. The Balaban J connectivity index is 1.49. The third kappa shape index (κ3) is 3.36. The van der Waals surface area contributed by atoms with Gasteiger partial charge >= 0.3 is 12.2 Å². The van der Waals surface area contributed by atoms with Crippen molar-refractivity contribution in [2.45, 2.75) is 11.6 Å². The minimum absolute atomic E-state index is 0.232. The van der Waals surface area contributed by atoms with E-state index < -0.39 is 29.6 Å². The number of benzene rings is 3. The number of hydrogen-bond donors (Lipinski definition) is 0. The van der Waals surface area contributed by atoms with Gasteiger partial charge in [0.15, 0.2) is 5.60 Å². The Kier molecular flexibility index (Phi) is 5.01. The maximum atomic E-state index is 13.2. The van der Waals surface area contributed by atoms with Gasteiger partial charge in [0.05, 0.1) is 0 Å². The van der Waals surface area contributed by atoms with Crippen molar-refractivity contribution in [2.24, 2.45) is 0 Å². The van der Waals surface area contributed by atoms with E-state index in [1.54, 1.807) is 9.80 Å². The van der Waals surface area contributed by atoms with E-state index in [0.717, 1.165) is 11.1 Å². The molecule has 0 bridgehead atoms. The molecule has 0 N–H and O–H groups in total. The van der Waals surface area contributed by atoms with Gasteiger partial charge in [0, 0.05) is 30.8 Å². The number of piperazine rings is 1. The highest BCUT2D eigenvalue weighted by Crippen LogP contribution is 2.45. The average molecular weight is 432 g/mol. The first-order chi connectivity index (χ1) is 15.6. The quantitative estimate of drug-likeness (QED) is 0.615. The van der Waals surface area contributed by atoms with Gasteiger partial charge in [-0.2, -0.15) is 0 Å². The van der Waals surface area contributed by atoms with Crippen molar-refractivity contribution in [3.05, 3.63) is 102 Å². The molecule has 3 aromatic rings. The molecule has 0 aromatic heterocycles. The van der Waals surface area contributed by atoms with Crippen molar-refractivity contribution < 1.29 is 23.5 Å². The molecule has 5 rings (SSSR count). The molecule has 6 nitrogen and oxygen atoms in total. The predicted octanol–water partition coefficient (Wildman–Crippen LogP) is 4.40. The lowest BCUT2D eigenvalue weighted by Gasteiger charge is -2.41. The summed E-state index contributed by atoms with van der Waals surface area (Å²) in [5, 5.41) is 0. The number of halogens is 1. The maximum absolute atomic E-state index is 13.2. The molecule has 0 saturated carbocycles. The van der Waals surface area contributed by atoms with Crippen LogP contribution in [0.15, 0.2) is 84.9 Å². The molecule has 0 spiro atoms. The fourth-order valence-electron chi connectivity index (χ4n) is 4.49. The first-order valence-corrected chi connectivity index (χ1v) is 10.4. The molecule has 0 radical (unpaired) electrons. The van der Waals surface area contributed by atoms with Gasteiger partial charge in [-0.15, -0.1) is 0 Å². The van der Waals surface area contributed by atoms with Crippen LogP contribution in [0.5, 0.6) is 5.75 Å². The van der Waals surface area contributed by atoms with E-state index in [4.69, 9.17) is 9.47 Å². The predicted molar refractivity (Wildman–Crippen MR) is 115 cm³/mol. The summed E-state index contributed by atoms with van der Waals surface area (Å²) < 4.78 is 24.7. The highest BCUT2D eigenvalue weighted by molar-refractivity contribution is 5.76. The molecule has 2 fully saturated rings. The maximum Gasteiger partial charge on any atom is 0.415 e. The van der Waals surface area contributed by atoms with E-state index in [1.165, 1.54) is 24.3 Å². The molecule has 0 aliphatic carbocycles. The number of carbonyl (C=O) groups excluding carboxylic acids is 2. The van der Waals surface area contributed by atoms with E-state index in [-0.39, 0.29) is 12.3 Å². The van der Waals surface area contributed by atoms with E-state index in [9.17, 15) is 14.0 Å². The zero-order chi connectivity index (χ0) is 22.1. The van der Waals surface area contributed by atoms with Crippen LogP contribution in [0.3, 0.4) is 0 Å². The summed E-state index contributed by atoms with van der Waals surface area (Å²) in [4.78, 5) is 29.0. The second-order valence-electron chi connectivity index (χ2n) is 7.81. The molecule has 162 valence electrons. The minimum Gasteiger partial charge on any atom is -0.431 e. The summed E-state index contributed by atoms with van der Waals surface area (Å²) in [6.07, 6.45) is -0.958. The lowest BCUT2D eigenvalue weighted by atomic mass is 9.79. The van der Waals surface area contributed by atoms with Gasteiger partial charge in [0.1, 0.15) is 17.6 Å². The fourth-order valence-corrected chi connectivity index (χ4v) is 4.49.